The van der Waals surface area contributed by atoms with Crippen LogP contribution in [0.3, 0.4) is 0 Å². The van der Waals surface area contributed by atoms with Gasteiger partial charge in [-0.3, -0.25) is 0 Å². The lowest BCUT2D eigenvalue weighted by molar-refractivity contribution is 1.30. The quantitative estimate of drug-likeness (QED) is 0.152. The molecule has 0 aliphatic carbocycles. The third-order valence-corrected chi connectivity index (χ3v) is 14.3. The van der Waals surface area contributed by atoms with E-state index in [9.17, 15) is 0 Å². The Labute approximate surface area is 350 Å². The maximum atomic E-state index is 2.51. The van der Waals surface area contributed by atoms with E-state index in [1.165, 1.54) is 101 Å². The van der Waals surface area contributed by atoms with Crippen molar-refractivity contribution < 1.29 is 0 Å². The number of anilines is 3. The van der Waals surface area contributed by atoms with Gasteiger partial charge < -0.3 is 4.90 Å². The SMILES string of the molecule is c1ccc(-c2c(N(c3ccc(-c4cccc5c4sc4ccccc45)cc3)c3cccc(-c4cccc5c4sc4ccccc45)c3)c3ccccc3c3ccccc23)cc1. The van der Waals surface area contributed by atoms with Gasteiger partial charge in [0.25, 0.3) is 0 Å². The van der Waals surface area contributed by atoms with Gasteiger partial charge in [0.05, 0.1) is 5.69 Å². The topological polar surface area (TPSA) is 3.24 Å². The first-order valence-corrected chi connectivity index (χ1v) is 21.7. The van der Waals surface area contributed by atoms with E-state index in [0.29, 0.717) is 0 Å². The predicted molar refractivity (Wildman–Crippen MR) is 258 cm³/mol. The second-order valence-electron chi connectivity index (χ2n) is 15.2. The number of nitrogens with zero attached hydrogens (tertiary/aromatic N) is 1. The average Bonchev–Trinajstić information content (AvgIpc) is 3.89. The van der Waals surface area contributed by atoms with Crippen molar-refractivity contribution in [2.45, 2.75) is 0 Å². The molecule has 10 aromatic carbocycles. The second-order valence-corrected chi connectivity index (χ2v) is 17.3. The zero-order valence-electron chi connectivity index (χ0n) is 32.0. The summed E-state index contributed by atoms with van der Waals surface area (Å²) in [5.74, 6) is 0. The molecule has 0 fully saturated rings. The number of fused-ring (bicyclic) bond motifs is 9. The molecule has 59 heavy (non-hydrogen) atoms. The Bertz CT molecular complexity index is 3560. The Morgan fingerprint density at radius 2 is 0.763 bits per heavy atom. The van der Waals surface area contributed by atoms with Gasteiger partial charge in [-0.1, -0.05) is 176 Å². The smallest absolute Gasteiger partial charge is 0.0624 e. The lowest BCUT2D eigenvalue weighted by Gasteiger charge is -2.31. The molecule has 3 heteroatoms. The number of hydrogen-bond acceptors (Lipinski definition) is 3. The van der Waals surface area contributed by atoms with E-state index in [1.54, 1.807) is 0 Å². The molecule has 0 radical (unpaired) electrons. The highest BCUT2D eigenvalue weighted by Gasteiger charge is 2.24. The molecular formula is C56H35NS2. The summed E-state index contributed by atoms with van der Waals surface area (Å²) in [5.41, 5.74) is 10.7. The second kappa shape index (κ2) is 13.8. The molecule has 1 nitrogen and oxygen atoms in total. The van der Waals surface area contributed by atoms with Crippen LogP contribution in [0.4, 0.5) is 17.1 Å². The summed E-state index contributed by atoms with van der Waals surface area (Å²) >= 11 is 3.76. The average molecular weight is 786 g/mol. The molecule has 0 bridgehead atoms. The van der Waals surface area contributed by atoms with Gasteiger partial charge in [0, 0.05) is 62.7 Å². The Morgan fingerprint density at radius 3 is 1.41 bits per heavy atom. The molecule has 2 heterocycles. The summed E-state index contributed by atoms with van der Waals surface area (Å²) < 4.78 is 5.28. The summed E-state index contributed by atoms with van der Waals surface area (Å²) in [6, 6.07) is 78.2. The highest BCUT2D eigenvalue weighted by atomic mass is 32.1. The van der Waals surface area contributed by atoms with Gasteiger partial charge >= 0.3 is 0 Å². The molecule has 0 atom stereocenters. The molecular weight excluding hydrogens is 751 g/mol. The molecule has 0 unspecified atom stereocenters. The minimum absolute atomic E-state index is 1.10. The lowest BCUT2D eigenvalue weighted by Crippen LogP contribution is -2.12. The Balaban J connectivity index is 1.12. The zero-order chi connectivity index (χ0) is 38.9. The van der Waals surface area contributed by atoms with E-state index in [-0.39, 0.29) is 0 Å². The number of thiophene rings is 2. The molecule has 0 saturated heterocycles. The Hall–Kier alpha value is -7.04. The minimum Gasteiger partial charge on any atom is -0.309 e. The third kappa shape index (κ3) is 5.51. The van der Waals surface area contributed by atoms with Gasteiger partial charge in [0.2, 0.25) is 0 Å². The number of hydrogen-bond donors (Lipinski definition) is 0. The number of benzene rings is 10. The van der Waals surface area contributed by atoms with Gasteiger partial charge in [-0.2, -0.15) is 0 Å². The van der Waals surface area contributed by atoms with Gasteiger partial charge in [0.1, 0.15) is 0 Å². The zero-order valence-corrected chi connectivity index (χ0v) is 33.6. The fraction of sp³-hybridized carbons (Fsp3) is 0. The van der Waals surface area contributed by atoms with Crippen LogP contribution in [-0.2, 0) is 0 Å². The van der Waals surface area contributed by atoms with Crippen molar-refractivity contribution in [2.75, 3.05) is 4.90 Å². The first kappa shape index (κ1) is 34.0. The molecule has 2 aromatic heterocycles. The minimum atomic E-state index is 1.10. The molecule has 12 aromatic rings. The lowest BCUT2D eigenvalue weighted by atomic mass is 9.90. The van der Waals surface area contributed by atoms with Crippen LogP contribution in [0, 0.1) is 0 Å². The Morgan fingerprint density at radius 1 is 0.288 bits per heavy atom. The van der Waals surface area contributed by atoms with Gasteiger partial charge in [0.15, 0.2) is 0 Å². The summed E-state index contributed by atoms with van der Waals surface area (Å²) in [6.45, 7) is 0. The van der Waals surface area contributed by atoms with Crippen LogP contribution in [0.1, 0.15) is 0 Å². The van der Waals surface area contributed by atoms with Gasteiger partial charge in [-0.25, -0.2) is 0 Å². The van der Waals surface area contributed by atoms with Crippen molar-refractivity contribution in [3.8, 4) is 33.4 Å². The molecule has 0 aliphatic rings. The monoisotopic (exact) mass is 785 g/mol. The van der Waals surface area contributed by atoms with Crippen LogP contribution < -0.4 is 4.90 Å². The van der Waals surface area contributed by atoms with Crippen LogP contribution >= 0.6 is 22.7 Å². The standard InChI is InChI=1S/C56H35NS2/c1-2-15-37(16-3-1)53-47-23-6-4-19-43(47)44-20-5-7-24-48(44)54(53)57(39-33-31-36(32-34-39)41-25-13-27-49-45-21-8-10-29-51(45)58-55(41)49)40-18-12-17-38(35-40)42-26-14-28-50-46-22-9-11-30-52(46)59-56(42)50/h1-35H. The summed E-state index contributed by atoms with van der Waals surface area (Å²) in [6.07, 6.45) is 0. The summed E-state index contributed by atoms with van der Waals surface area (Å²) in [7, 11) is 0. The molecule has 0 saturated carbocycles. The van der Waals surface area contributed by atoms with Crippen molar-refractivity contribution in [3.05, 3.63) is 212 Å². The highest BCUT2D eigenvalue weighted by Crippen LogP contribution is 2.51. The van der Waals surface area contributed by atoms with E-state index in [4.69, 9.17) is 0 Å². The van der Waals surface area contributed by atoms with Crippen LogP contribution in [-0.4, -0.2) is 0 Å². The van der Waals surface area contributed by atoms with E-state index >= 15 is 0 Å². The maximum Gasteiger partial charge on any atom is 0.0624 e. The normalized spacial score (nSPS) is 11.7. The molecule has 12 rings (SSSR count). The van der Waals surface area contributed by atoms with Crippen molar-refractivity contribution in [1.29, 1.82) is 0 Å². The third-order valence-electron chi connectivity index (χ3n) is 11.9. The van der Waals surface area contributed by atoms with Crippen LogP contribution in [0.2, 0.25) is 0 Å². The molecule has 0 N–H and O–H groups in total. The van der Waals surface area contributed by atoms with Crippen molar-refractivity contribution in [3.63, 3.8) is 0 Å². The fourth-order valence-electron chi connectivity index (χ4n) is 9.21. The fourth-order valence-corrected chi connectivity index (χ4v) is 11.7. The first-order valence-electron chi connectivity index (χ1n) is 20.1. The van der Waals surface area contributed by atoms with Crippen LogP contribution in [0.25, 0.3) is 95.3 Å². The van der Waals surface area contributed by atoms with E-state index in [0.717, 1.165) is 11.4 Å². The predicted octanol–water partition coefficient (Wildman–Crippen LogP) is 17.2. The van der Waals surface area contributed by atoms with Gasteiger partial charge in [-0.05, 0) is 80.4 Å². The van der Waals surface area contributed by atoms with Crippen LogP contribution in [0.5, 0.6) is 0 Å². The maximum absolute atomic E-state index is 2.51. The summed E-state index contributed by atoms with van der Waals surface area (Å²) in [4.78, 5) is 2.51. The van der Waals surface area contributed by atoms with Crippen molar-refractivity contribution in [2.24, 2.45) is 0 Å². The van der Waals surface area contributed by atoms with E-state index in [2.05, 4.69) is 217 Å². The van der Waals surface area contributed by atoms with Crippen molar-refractivity contribution in [1.82, 2.24) is 0 Å². The Kier molecular flexibility index (Phi) is 7.97. The first-order chi connectivity index (χ1) is 29.3. The number of rotatable bonds is 6. The van der Waals surface area contributed by atoms with E-state index in [1.807, 2.05) is 22.7 Å². The van der Waals surface area contributed by atoms with E-state index < -0.39 is 0 Å². The van der Waals surface area contributed by atoms with Crippen molar-refractivity contribution >= 4 is 102 Å². The highest BCUT2D eigenvalue weighted by molar-refractivity contribution is 7.26. The molecule has 0 amide bonds. The van der Waals surface area contributed by atoms with Gasteiger partial charge in [-0.15, -0.1) is 22.7 Å². The largest absolute Gasteiger partial charge is 0.309 e. The molecule has 276 valence electrons. The molecule has 0 spiro atoms. The van der Waals surface area contributed by atoms with Crippen LogP contribution in [0.15, 0.2) is 212 Å². The molecule has 0 aliphatic heterocycles. The summed E-state index contributed by atoms with van der Waals surface area (Å²) in [5, 5.41) is 10.2.